The fraction of sp³-hybridized carbons (Fsp3) is 0.190. The Hall–Kier alpha value is -3.41. The fourth-order valence-electron chi connectivity index (χ4n) is 3.25. The summed E-state index contributed by atoms with van der Waals surface area (Å²) in [5.41, 5.74) is 4.10. The van der Waals surface area contributed by atoms with Crippen molar-refractivity contribution in [1.82, 2.24) is 24.6 Å². The second kappa shape index (κ2) is 7.07. The maximum Gasteiger partial charge on any atom is 0.227 e. The number of carbonyl (C=O) groups is 1. The van der Waals surface area contributed by atoms with Gasteiger partial charge in [0.05, 0.1) is 18.2 Å². The van der Waals surface area contributed by atoms with Gasteiger partial charge in [-0.15, -0.1) is 0 Å². The van der Waals surface area contributed by atoms with E-state index in [9.17, 15) is 4.79 Å². The van der Waals surface area contributed by atoms with Gasteiger partial charge in [-0.05, 0) is 36.2 Å². The van der Waals surface area contributed by atoms with E-state index in [4.69, 9.17) is 0 Å². The summed E-state index contributed by atoms with van der Waals surface area (Å²) in [6, 6.07) is 16.0. The number of fused-ring (bicyclic) bond motifs is 1. The van der Waals surface area contributed by atoms with Crippen molar-refractivity contribution in [1.29, 1.82) is 0 Å². The number of aromatic amines is 1. The standard InChI is InChI=1S/C21H21N5O/c1-15(16-7-9-18(10-8-16)26-14-22-13-24-26)25(2)21(27)11-17-12-23-20-6-4-3-5-19(17)20/h3-10,12-15,23H,11H2,1-2H3. The highest BCUT2D eigenvalue weighted by atomic mass is 16.2. The SMILES string of the molecule is CC(c1ccc(-n2cncn2)cc1)N(C)C(=O)Cc1c[nH]c2ccccc12. The molecule has 27 heavy (non-hydrogen) atoms. The third-order valence-electron chi connectivity index (χ3n) is 5.05. The van der Waals surface area contributed by atoms with Crippen LogP contribution in [0.15, 0.2) is 67.4 Å². The van der Waals surface area contributed by atoms with E-state index in [2.05, 4.69) is 15.1 Å². The Kier molecular flexibility index (Phi) is 4.46. The van der Waals surface area contributed by atoms with Crippen LogP contribution < -0.4 is 0 Å². The molecule has 0 bridgehead atoms. The quantitative estimate of drug-likeness (QED) is 0.593. The molecule has 0 spiro atoms. The van der Waals surface area contributed by atoms with Gasteiger partial charge in [0.25, 0.3) is 0 Å². The molecule has 2 aromatic carbocycles. The summed E-state index contributed by atoms with van der Waals surface area (Å²) in [6.45, 7) is 2.04. The lowest BCUT2D eigenvalue weighted by Gasteiger charge is -2.25. The van der Waals surface area contributed by atoms with Crippen molar-refractivity contribution in [2.45, 2.75) is 19.4 Å². The van der Waals surface area contributed by atoms with Gasteiger partial charge in [-0.25, -0.2) is 9.67 Å². The summed E-state index contributed by atoms with van der Waals surface area (Å²) in [7, 11) is 1.85. The predicted octanol–water partition coefficient (Wildman–Crippen LogP) is 3.51. The summed E-state index contributed by atoms with van der Waals surface area (Å²) < 4.78 is 1.71. The summed E-state index contributed by atoms with van der Waals surface area (Å²) in [5, 5.41) is 5.23. The van der Waals surface area contributed by atoms with Gasteiger partial charge in [-0.2, -0.15) is 5.10 Å². The van der Waals surface area contributed by atoms with Crippen LogP contribution in [0.4, 0.5) is 0 Å². The maximum atomic E-state index is 12.8. The second-order valence-corrected chi connectivity index (χ2v) is 6.65. The zero-order valence-corrected chi connectivity index (χ0v) is 15.3. The smallest absolute Gasteiger partial charge is 0.227 e. The van der Waals surface area contributed by atoms with Crippen molar-refractivity contribution in [2.24, 2.45) is 0 Å². The van der Waals surface area contributed by atoms with Crippen molar-refractivity contribution in [3.05, 3.63) is 78.5 Å². The van der Waals surface area contributed by atoms with Gasteiger partial charge in [-0.1, -0.05) is 30.3 Å². The van der Waals surface area contributed by atoms with Gasteiger partial charge in [0.2, 0.25) is 5.91 Å². The number of carbonyl (C=O) groups excluding carboxylic acids is 1. The van der Waals surface area contributed by atoms with Crippen LogP contribution in [0.1, 0.15) is 24.1 Å². The lowest BCUT2D eigenvalue weighted by atomic mass is 10.1. The number of hydrogen-bond donors (Lipinski definition) is 1. The van der Waals surface area contributed by atoms with Crippen molar-refractivity contribution in [2.75, 3.05) is 7.05 Å². The molecule has 1 atom stereocenters. The molecule has 1 unspecified atom stereocenters. The Labute approximate surface area is 157 Å². The number of aromatic nitrogens is 4. The minimum Gasteiger partial charge on any atom is -0.361 e. The summed E-state index contributed by atoms with van der Waals surface area (Å²) in [5.74, 6) is 0.0904. The highest BCUT2D eigenvalue weighted by Crippen LogP contribution is 2.23. The minimum atomic E-state index is -0.0208. The van der Waals surface area contributed by atoms with Gasteiger partial charge >= 0.3 is 0 Å². The van der Waals surface area contributed by atoms with Crippen LogP contribution in [0.2, 0.25) is 0 Å². The highest BCUT2D eigenvalue weighted by molar-refractivity contribution is 5.88. The maximum absolute atomic E-state index is 12.8. The van der Waals surface area contributed by atoms with Crippen molar-refractivity contribution in [3.63, 3.8) is 0 Å². The van der Waals surface area contributed by atoms with Crippen LogP contribution in [0.25, 0.3) is 16.6 Å². The Bertz CT molecular complexity index is 1050. The molecule has 0 aliphatic carbocycles. The first-order valence-electron chi connectivity index (χ1n) is 8.89. The number of likely N-dealkylation sites (N-methyl/N-ethyl adjacent to an activating group) is 1. The van der Waals surface area contributed by atoms with E-state index in [1.807, 2.05) is 68.7 Å². The number of nitrogens with one attached hydrogen (secondary N) is 1. The van der Waals surface area contributed by atoms with Gasteiger partial charge in [0, 0.05) is 24.1 Å². The van der Waals surface area contributed by atoms with E-state index >= 15 is 0 Å². The van der Waals surface area contributed by atoms with Gasteiger partial charge in [-0.3, -0.25) is 4.79 Å². The Morgan fingerprint density at radius 2 is 1.96 bits per heavy atom. The average Bonchev–Trinajstić information content (AvgIpc) is 3.38. The minimum absolute atomic E-state index is 0.0208. The number of H-pyrrole nitrogens is 1. The summed E-state index contributed by atoms with van der Waals surface area (Å²) >= 11 is 0. The van der Waals surface area contributed by atoms with E-state index in [1.54, 1.807) is 15.9 Å². The molecule has 0 saturated heterocycles. The lowest BCUT2D eigenvalue weighted by Crippen LogP contribution is -2.30. The van der Waals surface area contributed by atoms with Gasteiger partial charge < -0.3 is 9.88 Å². The largest absolute Gasteiger partial charge is 0.361 e. The number of hydrogen-bond acceptors (Lipinski definition) is 3. The Balaban J connectivity index is 1.48. The normalized spacial score (nSPS) is 12.2. The van der Waals surface area contributed by atoms with Crippen molar-refractivity contribution in [3.8, 4) is 5.69 Å². The highest BCUT2D eigenvalue weighted by Gasteiger charge is 2.19. The molecule has 0 aliphatic rings. The molecule has 2 heterocycles. The summed E-state index contributed by atoms with van der Waals surface area (Å²) in [4.78, 5) is 21.8. The van der Waals surface area contributed by atoms with Crippen LogP contribution in [0.3, 0.4) is 0 Å². The van der Waals surface area contributed by atoms with E-state index < -0.39 is 0 Å². The van der Waals surface area contributed by atoms with Crippen molar-refractivity contribution < 1.29 is 4.79 Å². The number of rotatable bonds is 5. The molecule has 1 amide bonds. The molecular weight excluding hydrogens is 338 g/mol. The molecular formula is C21H21N5O. The Morgan fingerprint density at radius 3 is 2.70 bits per heavy atom. The molecule has 0 aliphatic heterocycles. The molecule has 136 valence electrons. The number of para-hydroxylation sites is 1. The number of amides is 1. The fourth-order valence-corrected chi connectivity index (χ4v) is 3.25. The molecule has 0 fully saturated rings. The first-order chi connectivity index (χ1) is 13.1. The average molecular weight is 359 g/mol. The van der Waals surface area contributed by atoms with Crippen LogP contribution in [-0.2, 0) is 11.2 Å². The van der Waals surface area contributed by atoms with E-state index in [0.717, 1.165) is 27.7 Å². The zero-order chi connectivity index (χ0) is 18.8. The third-order valence-corrected chi connectivity index (χ3v) is 5.05. The van der Waals surface area contributed by atoms with Gasteiger partial charge in [0.1, 0.15) is 12.7 Å². The molecule has 0 radical (unpaired) electrons. The first kappa shape index (κ1) is 17.0. The molecule has 2 aromatic heterocycles. The van der Waals surface area contributed by atoms with Crippen molar-refractivity contribution >= 4 is 16.8 Å². The van der Waals surface area contributed by atoms with E-state index in [-0.39, 0.29) is 11.9 Å². The monoisotopic (exact) mass is 359 g/mol. The first-order valence-corrected chi connectivity index (χ1v) is 8.89. The molecule has 0 saturated carbocycles. The molecule has 6 heteroatoms. The topological polar surface area (TPSA) is 66.8 Å². The predicted molar refractivity (Wildman–Crippen MR) is 105 cm³/mol. The van der Waals surface area contributed by atoms with Crippen LogP contribution in [-0.4, -0.2) is 37.6 Å². The van der Waals surface area contributed by atoms with E-state index in [0.29, 0.717) is 6.42 Å². The third kappa shape index (κ3) is 3.33. The Morgan fingerprint density at radius 1 is 1.19 bits per heavy atom. The van der Waals surface area contributed by atoms with Crippen LogP contribution >= 0.6 is 0 Å². The summed E-state index contributed by atoms with van der Waals surface area (Å²) in [6.07, 6.45) is 5.47. The van der Waals surface area contributed by atoms with Crippen LogP contribution in [0.5, 0.6) is 0 Å². The molecule has 4 rings (SSSR count). The molecule has 4 aromatic rings. The van der Waals surface area contributed by atoms with Crippen LogP contribution in [0, 0.1) is 0 Å². The van der Waals surface area contributed by atoms with Gasteiger partial charge in [0.15, 0.2) is 0 Å². The molecule has 1 N–H and O–H groups in total. The lowest BCUT2D eigenvalue weighted by molar-refractivity contribution is -0.131. The number of benzene rings is 2. The second-order valence-electron chi connectivity index (χ2n) is 6.65. The zero-order valence-electron chi connectivity index (χ0n) is 15.3. The molecule has 6 nitrogen and oxygen atoms in total. The van der Waals surface area contributed by atoms with E-state index in [1.165, 1.54) is 6.33 Å². The number of nitrogens with zero attached hydrogens (tertiary/aromatic N) is 4.